The second kappa shape index (κ2) is 5.48. The van der Waals surface area contributed by atoms with Crippen LogP contribution in [0.1, 0.15) is 18.9 Å². The fraction of sp³-hybridized carbons (Fsp3) is 0.364. The summed E-state index contributed by atoms with van der Waals surface area (Å²) < 4.78 is 38.7. The average molecular weight is 295 g/mol. The van der Waals surface area contributed by atoms with Gasteiger partial charge in [0.2, 0.25) is 0 Å². The zero-order valence-electron chi connectivity index (χ0n) is 8.57. The Hall–Kier alpha value is -0.840. The predicted octanol–water partition coefficient (Wildman–Crippen LogP) is 3.39. The molecule has 0 aromatic heterocycles. The highest BCUT2D eigenvalue weighted by Crippen LogP contribution is 2.18. The molecule has 5 heteroatoms. The molecule has 0 amide bonds. The van der Waals surface area contributed by atoms with Gasteiger partial charge < -0.3 is 0 Å². The molecule has 1 unspecified atom stereocenters. The second-order valence-electron chi connectivity index (χ2n) is 3.35. The maximum Gasteiger partial charge on any atom is 0.161 e. The van der Waals surface area contributed by atoms with Gasteiger partial charge in [0, 0.05) is 12.5 Å². The Bertz CT molecular complexity index is 406. The minimum absolute atomic E-state index is 0.00963. The number of hydrogen-bond acceptors (Lipinski definition) is 1. The molecule has 16 heavy (non-hydrogen) atoms. The Morgan fingerprint density at radius 2 is 1.81 bits per heavy atom. The Kier molecular flexibility index (Phi) is 4.53. The Morgan fingerprint density at radius 1 is 1.25 bits per heavy atom. The van der Waals surface area contributed by atoms with E-state index in [0.29, 0.717) is 12.5 Å². The van der Waals surface area contributed by atoms with E-state index in [1.165, 1.54) is 0 Å². The van der Waals surface area contributed by atoms with E-state index in [9.17, 15) is 18.0 Å². The van der Waals surface area contributed by atoms with E-state index in [0.717, 1.165) is 6.07 Å². The van der Waals surface area contributed by atoms with Crippen LogP contribution in [0.15, 0.2) is 12.1 Å². The first kappa shape index (κ1) is 13.2. The van der Waals surface area contributed by atoms with Crippen molar-refractivity contribution in [1.29, 1.82) is 0 Å². The number of benzene rings is 1. The summed E-state index contributed by atoms with van der Waals surface area (Å²) in [6, 6.07) is 1.27. The van der Waals surface area contributed by atoms with Crippen LogP contribution < -0.4 is 0 Å². The van der Waals surface area contributed by atoms with E-state index in [1.54, 1.807) is 6.92 Å². The number of rotatable bonds is 4. The zero-order chi connectivity index (χ0) is 12.3. The summed E-state index contributed by atoms with van der Waals surface area (Å²) in [4.78, 5) is 10.7. The van der Waals surface area contributed by atoms with Gasteiger partial charge in [0.15, 0.2) is 11.6 Å². The van der Waals surface area contributed by atoms with Crippen molar-refractivity contribution in [1.82, 2.24) is 0 Å². The minimum atomic E-state index is -1.23. The van der Waals surface area contributed by atoms with E-state index in [-0.39, 0.29) is 17.8 Å². The van der Waals surface area contributed by atoms with Crippen LogP contribution in [-0.4, -0.2) is 10.6 Å². The third-order valence-corrected chi connectivity index (χ3v) is 3.02. The molecule has 0 aliphatic heterocycles. The van der Waals surface area contributed by atoms with Gasteiger partial charge in [-0.3, -0.25) is 4.79 Å². The van der Waals surface area contributed by atoms with Crippen LogP contribution in [-0.2, 0) is 11.2 Å². The van der Waals surface area contributed by atoms with Gasteiger partial charge in [0.1, 0.15) is 11.6 Å². The van der Waals surface area contributed by atoms with Crippen molar-refractivity contribution in [2.75, 3.05) is 0 Å². The van der Waals surface area contributed by atoms with Crippen LogP contribution >= 0.6 is 15.9 Å². The third kappa shape index (κ3) is 3.07. The maximum atomic E-state index is 13.2. The van der Waals surface area contributed by atoms with E-state index < -0.39 is 22.3 Å². The summed E-state index contributed by atoms with van der Waals surface area (Å²) in [7, 11) is 0. The summed E-state index contributed by atoms with van der Waals surface area (Å²) >= 11 is 3.08. The molecule has 88 valence electrons. The molecule has 1 aromatic rings. The smallest absolute Gasteiger partial charge is 0.161 e. The van der Waals surface area contributed by atoms with Gasteiger partial charge >= 0.3 is 0 Å². The quantitative estimate of drug-likeness (QED) is 0.614. The van der Waals surface area contributed by atoms with Crippen molar-refractivity contribution in [3.05, 3.63) is 35.1 Å². The molecule has 0 saturated heterocycles. The van der Waals surface area contributed by atoms with E-state index in [1.807, 2.05) is 0 Å². The molecule has 0 saturated carbocycles. The number of Topliss-reactive ketones (excluding diaryl/α,β-unsaturated/α-hetero) is 1. The zero-order valence-corrected chi connectivity index (χ0v) is 10.2. The third-order valence-electron chi connectivity index (χ3n) is 2.19. The lowest BCUT2D eigenvalue weighted by Gasteiger charge is -2.08. The molecular weight excluding hydrogens is 285 g/mol. The van der Waals surface area contributed by atoms with Crippen molar-refractivity contribution >= 4 is 21.7 Å². The largest absolute Gasteiger partial charge is 0.298 e. The molecule has 0 N–H and O–H groups in total. The number of alkyl halides is 1. The summed E-state index contributed by atoms with van der Waals surface area (Å²) in [6.07, 6.45) is 0.316. The van der Waals surface area contributed by atoms with Crippen LogP contribution in [0.5, 0.6) is 0 Å². The highest BCUT2D eigenvalue weighted by molar-refractivity contribution is 9.10. The molecular formula is C11H10BrF3O. The average Bonchev–Trinajstić information content (AvgIpc) is 2.24. The normalized spacial score (nSPS) is 12.6. The lowest BCUT2D eigenvalue weighted by Crippen LogP contribution is -2.16. The van der Waals surface area contributed by atoms with Crippen LogP contribution in [0.2, 0.25) is 0 Å². The molecule has 0 radical (unpaired) electrons. The highest BCUT2D eigenvalue weighted by atomic mass is 79.9. The number of carbonyl (C=O) groups excluding carboxylic acids is 1. The predicted molar refractivity (Wildman–Crippen MR) is 58.0 cm³/mol. The van der Waals surface area contributed by atoms with E-state index in [4.69, 9.17) is 0 Å². The lowest BCUT2D eigenvalue weighted by atomic mass is 10.1. The minimum Gasteiger partial charge on any atom is -0.298 e. The molecule has 1 rings (SSSR count). The number of hydrogen-bond donors (Lipinski definition) is 0. The van der Waals surface area contributed by atoms with Gasteiger partial charge in [0.25, 0.3) is 0 Å². The van der Waals surface area contributed by atoms with E-state index in [2.05, 4.69) is 15.9 Å². The Morgan fingerprint density at radius 3 is 2.38 bits per heavy atom. The van der Waals surface area contributed by atoms with Gasteiger partial charge in [-0.15, -0.1) is 0 Å². The second-order valence-corrected chi connectivity index (χ2v) is 4.45. The summed E-state index contributed by atoms with van der Waals surface area (Å²) in [5.74, 6) is -3.29. The highest BCUT2D eigenvalue weighted by Gasteiger charge is 2.17. The molecule has 1 atom stereocenters. The van der Waals surface area contributed by atoms with Crippen molar-refractivity contribution < 1.29 is 18.0 Å². The number of halogens is 4. The maximum absolute atomic E-state index is 13.2. The van der Waals surface area contributed by atoms with Crippen molar-refractivity contribution in [3.63, 3.8) is 0 Å². The fourth-order valence-corrected chi connectivity index (χ4v) is 1.92. The van der Waals surface area contributed by atoms with Gasteiger partial charge in [-0.2, -0.15) is 0 Å². The van der Waals surface area contributed by atoms with Gasteiger partial charge in [-0.1, -0.05) is 22.9 Å². The van der Waals surface area contributed by atoms with Gasteiger partial charge in [-0.05, 0) is 18.1 Å². The van der Waals surface area contributed by atoms with Crippen LogP contribution in [0, 0.1) is 17.5 Å². The fourth-order valence-electron chi connectivity index (χ4n) is 1.25. The van der Waals surface area contributed by atoms with Crippen LogP contribution in [0.25, 0.3) is 0 Å². The molecule has 0 bridgehead atoms. The molecule has 0 fully saturated rings. The molecule has 0 aliphatic rings. The molecule has 0 heterocycles. The van der Waals surface area contributed by atoms with Gasteiger partial charge in [-0.25, -0.2) is 13.2 Å². The topological polar surface area (TPSA) is 17.1 Å². The van der Waals surface area contributed by atoms with Crippen LogP contribution in [0.4, 0.5) is 13.2 Å². The summed E-state index contributed by atoms with van der Waals surface area (Å²) in [5, 5.41) is 0. The number of carbonyl (C=O) groups is 1. The first-order chi connectivity index (χ1) is 7.45. The summed E-state index contributed by atoms with van der Waals surface area (Å²) in [6.45, 7) is 1.68. The van der Waals surface area contributed by atoms with Crippen LogP contribution in [0.3, 0.4) is 0 Å². The molecule has 0 aliphatic carbocycles. The monoisotopic (exact) mass is 294 g/mol. The first-order valence-electron chi connectivity index (χ1n) is 4.76. The summed E-state index contributed by atoms with van der Waals surface area (Å²) in [5.41, 5.74) is -0.0115. The van der Waals surface area contributed by atoms with Crippen molar-refractivity contribution in [2.45, 2.75) is 24.6 Å². The van der Waals surface area contributed by atoms with Gasteiger partial charge in [0.05, 0.1) is 4.83 Å². The van der Waals surface area contributed by atoms with Crippen molar-refractivity contribution in [2.24, 2.45) is 0 Å². The molecule has 0 spiro atoms. The SMILES string of the molecule is CCC(=O)C(Br)Cc1cc(F)c(F)cc1F. The molecule has 1 aromatic carbocycles. The van der Waals surface area contributed by atoms with Crippen molar-refractivity contribution in [3.8, 4) is 0 Å². The Balaban J connectivity index is 2.89. The van der Waals surface area contributed by atoms with E-state index >= 15 is 0 Å². The first-order valence-corrected chi connectivity index (χ1v) is 5.67. The Labute approximate surface area is 99.8 Å². The number of ketones is 1. The lowest BCUT2D eigenvalue weighted by molar-refractivity contribution is -0.118. The standard InChI is InChI=1S/C11H10BrF3O/c1-2-11(16)7(12)3-6-4-9(14)10(15)5-8(6)13/h4-5,7H,2-3H2,1H3. The molecule has 1 nitrogen and oxygen atoms in total.